The smallest absolute Gasteiger partial charge is 0.0761 e. The molecule has 0 bridgehead atoms. The van der Waals surface area contributed by atoms with E-state index in [4.69, 9.17) is 0 Å². The second kappa shape index (κ2) is 3.64. The van der Waals surface area contributed by atoms with Crippen LogP contribution in [0.5, 0.6) is 0 Å². The van der Waals surface area contributed by atoms with Crippen LogP contribution in [0.4, 0.5) is 5.69 Å². The fourth-order valence-electron chi connectivity index (χ4n) is 2.08. The van der Waals surface area contributed by atoms with E-state index in [0.717, 1.165) is 12.3 Å². The molecule has 0 amide bonds. The van der Waals surface area contributed by atoms with Gasteiger partial charge in [-0.2, -0.15) is 5.10 Å². The highest BCUT2D eigenvalue weighted by Crippen LogP contribution is 2.30. The fraction of sp³-hybridized carbons (Fsp3) is 0.727. The Bertz CT molecular complexity index is 316. The summed E-state index contributed by atoms with van der Waals surface area (Å²) in [5.74, 6) is 0.819. The Kier molecular flexibility index (Phi) is 2.48. The highest BCUT2D eigenvalue weighted by Gasteiger charge is 2.27. The van der Waals surface area contributed by atoms with Gasteiger partial charge in [0.05, 0.1) is 17.6 Å². The van der Waals surface area contributed by atoms with Crippen LogP contribution in [0, 0.1) is 5.92 Å². The molecule has 1 N–H and O–H groups in total. The molecule has 2 rings (SSSR count). The van der Waals surface area contributed by atoms with Gasteiger partial charge < -0.3 is 5.32 Å². The molecular formula is C11H19N3. The van der Waals surface area contributed by atoms with Crippen LogP contribution in [-0.2, 0) is 13.5 Å². The van der Waals surface area contributed by atoms with Crippen LogP contribution in [0.3, 0.4) is 0 Å². The molecule has 0 aliphatic heterocycles. The van der Waals surface area contributed by atoms with E-state index in [2.05, 4.69) is 24.3 Å². The third-order valence-electron chi connectivity index (χ3n) is 3.36. The maximum Gasteiger partial charge on any atom is 0.0761 e. The Labute approximate surface area is 85.5 Å². The first-order valence-corrected chi connectivity index (χ1v) is 5.49. The first-order chi connectivity index (χ1) is 6.72. The Hall–Kier alpha value is -0.990. The summed E-state index contributed by atoms with van der Waals surface area (Å²) in [6.07, 6.45) is 5.66. The van der Waals surface area contributed by atoms with Crippen molar-refractivity contribution in [3.05, 3.63) is 11.9 Å². The summed E-state index contributed by atoms with van der Waals surface area (Å²) in [6.45, 7) is 4.48. The molecule has 1 heterocycles. The molecule has 0 radical (unpaired) electrons. The summed E-state index contributed by atoms with van der Waals surface area (Å²) < 4.78 is 1.96. The molecule has 0 aromatic carbocycles. The third-order valence-corrected chi connectivity index (χ3v) is 3.36. The first-order valence-electron chi connectivity index (χ1n) is 5.49. The van der Waals surface area contributed by atoms with E-state index in [1.165, 1.54) is 24.2 Å². The Balaban J connectivity index is 2.08. The summed E-state index contributed by atoms with van der Waals surface area (Å²) in [5, 5.41) is 7.86. The number of nitrogens with zero attached hydrogens (tertiary/aromatic N) is 2. The Morgan fingerprint density at radius 1 is 1.57 bits per heavy atom. The minimum absolute atomic E-state index is 0.671. The Morgan fingerprint density at radius 3 is 2.86 bits per heavy atom. The monoisotopic (exact) mass is 193 g/mol. The molecule has 1 saturated carbocycles. The molecule has 1 aliphatic rings. The van der Waals surface area contributed by atoms with Crippen LogP contribution in [0.25, 0.3) is 0 Å². The maximum absolute atomic E-state index is 4.28. The van der Waals surface area contributed by atoms with Gasteiger partial charge in [-0.1, -0.05) is 13.8 Å². The SMILES string of the molecule is CCc1c(NC2CCC2C)cnn1C. The number of aryl methyl sites for hydroxylation is 1. The molecule has 1 fully saturated rings. The van der Waals surface area contributed by atoms with Gasteiger partial charge in [-0.3, -0.25) is 4.68 Å². The maximum atomic E-state index is 4.28. The lowest BCUT2D eigenvalue weighted by molar-refractivity contribution is 0.303. The van der Waals surface area contributed by atoms with Gasteiger partial charge in [0.2, 0.25) is 0 Å². The van der Waals surface area contributed by atoms with Crippen molar-refractivity contribution >= 4 is 5.69 Å². The summed E-state index contributed by atoms with van der Waals surface area (Å²) in [6, 6.07) is 0.671. The minimum Gasteiger partial charge on any atom is -0.379 e. The number of aromatic nitrogens is 2. The zero-order valence-corrected chi connectivity index (χ0v) is 9.25. The van der Waals surface area contributed by atoms with Crippen molar-refractivity contribution in [2.24, 2.45) is 13.0 Å². The van der Waals surface area contributed by atoms with Crippen molar-refractivity contribution in [3.63, 3.8) is 0 Å². The molecule has 1 aromatic heterocycles. The van der Waals surface area contributed by atoms with E-state index in [9.17, 15) is 0 Å². The van der Waals surface area contributed by atoms with Gasteiger partial charge in [0.1, 0.15) is 0 Å². The second-order valence-electron chi connectivity index (χ2n) is 4.29. The van der Waals surface area contributed by atoms with E-state index in [1.807, 2.05) is 17.9 Å². The quantitative estimate of drug-likeness (QED) is 0.797. The minimum atomic E-state index is 0.671. The van der Waals surface area contributed by atoms with Crippen molar-refractivity contribution in [3.8, 4) is 0 Å². The van der Waals surface area contributed by atoms with Crippen molar-refractivity contribution in [2.75, 3.05) is 5.32 Å². The number of hydrogen-bond donors (Lipinski definition) is 1. The molecule has 0 saturated heterocycles. The zero-order valence-electron chi connectivity index (χ0n) is 9.25. The highest BCUT2D eigenvalue weighted by molar-refractivity contribution is 5.47. The van der Waals surface area contributed by atoms with Gasteiger partial charge in [-0.15, -0.1) is 0 Å². The second-order valence-corrected chi connectivity index (χ2v) is 4.29. The van der Waals surface area contributed by atoms with Crippen LogP contribution in [-0.4, -0.2) is 15.8 Å². The summed E-state index contributed by atoms with van der Waals surface area (Å²) >= 11 is 0. The normalized spacial score (nSPS) is 25.9. The lowest BCUT2D eigenvalue weighted by Crippen LogP contribution is -2.36. The Morgan fingerprint density at radius 2 is 2.36 bits per heavy atom. The molecule has 1 aromatic rings. The van der Waals surface area contributed by atoms with Gasteiger partial charge in [-0.25, -0.2) is 0 Å². The largest absolute Gasteiger partial charge is 0.379 e. The average molecular weight is 193 g/mol. The van der Waals surface area contributed by atoms with Crippen LogP contribution in [0.1, 0.15) is 32.4 Å². The van der Waals surface area contributed by atoms with Crippen LogP contribution in [0.15, 0.2) is 6.20 Å². The number of nitrogens with one attached hydrogen (secondary N) is 1. The molecule has 14 heavy (non-hydrogen) atoms. The van der Waals surface area contributed by atoms with E-state index in [1.54, 1.807) is 0 Å². The van der Waals surface area contributed by atoms with Gasteiger partial charge in [0, 0.05) is 13.1 Å². The number of rotatable bonds is 3. The first kappa shape index (κ1) is 9.56. The third kappa shape index (κ3) is 1.51. The van der Waals surface area contributed by atoms with Crippen molar-refractivity contribution in [1.29, 1.82) is 0 Å². The predicted molar refractivity (Wildman–Crippen MR) is 58.4 cm³/mol. The molecule has 1 aliphatic carbocycles. The molecular weight excluding hydrogens is 174 g/mol. The standard InChI is InChI=1S/C11H19N3/c1-4-11-10(7-12-14(11)3)13-9-6-5-8(9)2/h7-9,13H,4-6H2,1-3H3. The zero-order chi connectivity index (χ0) is 10.1. The van der Waals surface area contributed by atoms with Crippen molar-refractivity contribution in [2.45, 2.75) is 39.2 Å². The average Bonchev–Trinajstić information content (AvgIpc) is 2.53. The molecule has 78 valence electrons. The fourth-order valence-corrected chi connectivity index (χ4v) is 2.08. The van der Waals surface area contributed by atoms with Gasteiger partial charge in [0.25, 0.3) is 0 Å². The molecule has 0 spiro atoms. The van der Waals surface area contributed by atoms with Gasteiger partial charge >= 0.3 is 0 Å². The number of anilines is 1. The van der Waals surface area contributed by atoms with E-state index in [0.29, 0.717) is 6.04 Å². The lowest BCUT2D eigenvalue weighted by Gasteiger charge is -2.35. The van der Waals surface area contributed by atoms with Crippen LogP contribution < -0.4 is 5.32 Å². The summed E-state index contributed by atoms with van der Waals surface area (Å²) in [4.78, 5) is 0. The molecule has 2 unspecified atom stereocenters. The topological polar surface area (TPSA) is 29.9 Å². The van der Waals surface area contributed by atoms with Crippen molar-refractivity contribution < 1.29 is 0 Å². The van der Waals surface area contributed by atoms with Gasteiger partial charge in [0.15, 0.2) is 0 Å². The summed E-state index contributed by atoms with van der Waals surface area (Å²) in [5.41, 5.74) is 2.54. The molecule has 3 nitrogen and oxygen atoms in total. The van der Waals surface area contributed by atoms with E-state index >= 15 is 0 Å². The van der Waals surface area contributed by atoms with Crippen molar-refractivity contribution in [1.82, 2.24) is 9.78 Å². The predicted octanol–water partition coefficient (Wildman–Crippen LogP) is 2.19. The van der Waals surface area contributed by atoms with Crippen LogP contribution in [0.2, 0.25) is 0 Å². The van der Waals surface area contributed by atoms with Gasteiger partial charge in [-0.05, 0) is 25.2 Å². The van der Waals surface area contributed by atoms with E-state index in [-0.39, 0.29) is 0 Å². The molecule has 3 heteroatoms. The van der Waals surface area contributed by atoms with Crippen LogP contribution >= 0.6 is 0 Å². The summed E-state index contributed by atoms with van der Waals surface area (Å²) in [7, 11) is 2.01. The molecule has 2 atom stereocenters. The highest BCUT2D eigenvalue weighted by atomic mass is 15.3. The van der Waals surface area contributed by atoms with E-state index < -0.39 is 0 Å². The number of hydrogen-bond acceptors (Lipinski definition) is 2. The lowest BCUT2D eigenvalue weighted by atomic mass is 9.81.